The molecular weight excluding hydrogens is 376 g/mol. The van der Waals surface area contributed by atoms with Crippen molar-refractivity contribution in [1.29, 1.82) is 0 Å². The van der Waals surface area contributed by atoms with E-state index in [9.17, 15) is 28.3 Å². The van der Waals surface area contributed by atoms with Gasteiger partial charge >= 0.3 is 11.9 Å². The summed E-state index contributed by atoms with van der Waals surface area (Å²) >= 11 is 0. The van der Waals surface area contributed by atoms with Crippen LogP contribution in [0.2, 0.25) is 0 Å². The lowest BCUT2D eigenvalue weighted by Gasteiger charge is -2.11. The number of H-pyrrole nitrogens is 1. The van der Waals surface area contributed by atoms with Gasteiger partial charge < -0.3 is 19.6 Å². The summed E-state index contributed by atoms with van der Waals surface area (Å²) in [4.78, 5) is 39.5. The van der Waals surface area contributed by atoms with E-state index in [0.29, 0.717) is 6.07 Å². The second kappa shape index (κ2) is 8.64. The van der Waals surface area contributed by atoms with Crippen molar-refractivity contribution in [3.05, 3.63) is 52.3 Å². The van der Waals surface area contributed by atoms with Gasteiger partial charge in [-0.15, -0.1) is 0 Å². The molecule has 1 unspecified atom stereocenters. The smallest absolute Gasteiger partial charge is 0.343 e. The number of carbonyl (C=O) groups excluding carboxylic acids is 3. The molecule has 0 spiro atoms. The first-order chi connectivity index (χ1) is 13.2. The lowest BCUT2D eigenvalue weighted by molar-refractivity contribution is -0.144. The fourth-order valence-electron chi connectivity index (χ4n) is 2.60. The zero-order valence-electron chi connectivity index (χ0n) is 15.5. The first kappa shape index (κ1) is 21.1. The second-order valence-electron chi connectivity index (χ2n) is 5.78. The number of hydrogen-bond acceptors (Lipinski definition) is 6. The number of benzene rings is 1. The van der Waals surface area contributed by atoms with Crippen LogP contribution in [-0.4, -0.2) is 41.0 Å². The molecule has 0 saturated carbocycles. The summed E-state index contributed by atoms with van der Waals surface area (Å²) in [5, 5.41) is 10.4. The maximum atomic E-state index is 14.0. The van der Waals surface area contributed by atoms with Gasteiger partial charge in [-0.3, -0.25) is 9.59 Å². The number of aromatic nitrogens is 1. The Kier molecular flexibility index (Phi) is 6.50. The largest absolute Gasteiger partial charge is 0.505 e. The van der Waals surface area contributed by atoms with E-state index in [0.717, 1.165) is 12.1 Å². The number of aromatic amines is 1. The molecule has 9 heteroatoms. The van der Waals surface area contributed by atoms with Crippen LogP contribution in [0.3, 0.4) is 0 Å². The lowest BCUT2D eigenvalue weighted by atomic mass is 10.0. The lowest BCUT2D eigenvalue weighted by Crippen LogP contribution is -2.17. The van der Waals surface area contributed by atoms with Crippen LogP contribution in [0.15, 0.2) is 18.2 Å². The van der Waals surface area contributed by atoms with E-state index in [1.165, 1.54) is 13.8 Å². The van der Waals surface area contributed by atoms with Crippen molar-refractivity contribution in [3.8, 4) is 5.75 Å². The summed E-state index contributed by atoms with van der Waals surface area (Å²) in [6.45, 7) is 4.59. The Morgan fingerprint density at radius 2 is 1.79 bits per heavy atom. The van der Waals surface area contributed by atoms with Crippen LogP contribution in [0.4, 0.5) is 8.78 Å². The number of carbonyl (C=O) groups is 3. The van der Waals surface area contributed by atoms with E-state index in [1.54, 1.807) is 6.92 Å². The number of aromatic hydroxyl groups is 1. The highest BCUT2D eigenvalue weighted by Gasteiger charge is 2.33. The Balaban J connectivity index is 2.59. The molecule has 0 bridgehead atoms. The molecule has 0 aliphatic carbocycles. The van der Waals surface area contributed by atoms with Gasteiger partial charge in [0.25, 0.3) is 0 Å². The molecule has 1 atom stereocenters. The molecule has 1 heterocycles. The van der Waals surface area contributed by atoms with Gasteiger partial charge in [0.1, 0.15) is 22.9 Å². The molecule has 7 nitrogen and oxygen atoms in total. The van der Waals surface area contributed by atoms with Crippen LogP contribution in [0, 0.1) is 11.6 Å². The normalized spacial score (nSPS) is 11.8. The maximum absolute atomic E-state index is 14.0. The highest BCUT2D eigenvalue weighted by molar-refractivity contribution is 6.12. The number of esters is 2. The molecule has 2 rings (SSSR count). The van der Waals surface area contributed by atoms with Crippen LogP contribution in [0.1, 0.15) is 58.8 Å². The molecule has 0 saturated heterocycles. The summed E-state index contributed by atoms with van der Waals surface area (Å²) in [7, 11) is 0. The second-order valence-corrected chi connectivity index (χ2v) is 5.78. The minimum Gasteiger partial charge on any atom is -0.505 e. The molecule has 150 valence electrons. The van der Waals surface area contributed by atoms with Gasteiger partial charge in [0.05, 0.1) is 24.7 Å². The quantitative estimate of drug-likeness (QED) is 0.551. The third kappa shape index (κ3) is 4.03. The minimum atomic E-state index is -1.14. The first-order valence-corrected chi connectivity index (χ1v) is 8.51. The SMILES string of the molecule is CCOC(=O)c1c(C(C)C(=O)OCC)[nH]c(C(=O)c2ccc(F)cc2F)c1O. The summed E-state index contributed by atoms with van der Waals surface area (Å²) in [5.41, 5.74) is -1.59. The summed E-state index contributed by atoms with van der Waals surface area (Å²) in [6.07, 6.45) is 0. The predicted molar refractivity (Wildman–Crippen MR) is 93.3 cm³/mol. The van der Waals surface area contributed by atoms with E-state index in [2.05, 4.69) is 4.98 Å². The standard InChI is InChI=1S/C19H19F2NO6/c1-4-27-18(25)9(3)14-13(19(26)28-5-2)17(24)15(22-14)16(23)11-7-6-10(20)8-12(11)21/h6-9,22,24H,4-5H2,1-3H3. The number of ketones is 1. The van der Waals surface area contributed by atoms with E-state index in [1.807, 2.05) is 0 Å². The van der Waals surface area contributed by atoms with Crippen molar-refractivity contribution in [1.82, 2.24) is 4.98 Å². The zero-order valence-corrected chi connectivity index (χ0v) is 15.5. The fourth-order valence-corrected chi connectivity index (χ4v) is 2.60. The molecule has 0 aliphatic heterocycles. The van der Waals surface area contributed by atoms with E-state index in [-0.39, 0.29) is 18.9 Å². The zero-order chi connectivity index (χ0) is 21.0. The van der Waals surface area contributed by atoms with Crippen molar-refractivity contribution in [2.45, 2.75) is 26.7 Å². The predicted octanol–water partition coefficient (Wildman–Crippen LogP) is 3.07. The molecular formula is C19H19F2NO6. The number of rotatable bonds is 7. The highest BCUT2D eigenvalue weighted by Crippen LogP contribution is 2.34. The Labute approximate surface area is 159 Å². The number of nitrogens with one attached hydrogen (secondary N) is 1. The summed E-state index contributed by atoms with van der Waals surface area (Å²) < 4.78 is 36.8. The van der Waals surface area contributed by atoms with E-state index >= 15 is 0 Å². The molecule has 0 fully saturated rings. The fraction of sp³-hybridized carbons (Fsp3) is 0.316. The number of halogens is 2. The van der Waals surface area contributed by atoms with Crippen molar-refractivity contribution in [3.63, 3.8) is 0 Å². The molecule has 28 heavy (non-hydrogen) atoms. The van der Waals surface area contributed by atoms with Gasteiger partial charge in [-0.2, -0.15) is 0 Å². The average Bonchev–Trinajstić information content (AvgIpc) is 2.98. The Hall–Kier alpha value is -3.23. The summed E-state index contributed by atoms with van der Waals surface area (Å²) in [6, 6.07) is 2.30. The Morgan fingerprint density at radius 1 is 1.14 bits per heavy atom. The Morgan fingerprint density at radius 3 is 2.36 bits per heavy atom. The van der Waals surface area contributed by atoms with E-state index < -0.39 is 57.8 Å². The van der Waals surface area contributed by atoms with Crippen LogP contribution < -0.4 is 0 Å². The maximum Gasteiger partial charge on any atom is 0.343 e. The van der Waals surface area contributed by atoms with Crippen molar-refractivity contribution in [2.75, 3.05) is 13.2 Å². The molecule has 2 N–H and O–H groups in total. The van der Waals surface area contributed by atoms with Crippen molar-refractivity contribution < 1.29 is 37.7 Å². The third-order valence-corrected chi connectivity index (χ3v) is 3.96. The van der Waals surface area contributed by atoms with E-state index in [4.69, 9.17) is 9.47 Å². The van der Waals surface area contributed by atoms with Gasteiger partial charge in [-0.25, -0.2) is 13.6 Å². The first-order valence-electron chi connectivity index (χ1n) is 8.51. The molecule has 1 aromatic carbocycles. The third-order valence-electron chi connectivity index (χ3n) is 3.96. The minimum absolute atomic E-state index is 0.0213. The van der Waals surface area contributed by atoms with Gasteiger partial charge in [0, 0.05) is 11.8 Å². The van der Waals surface area contributed by atoms with Crippen molar-refractivity contribution in [2.24, 2.45) is 0 Å². The molecule has 0 aliphatic rings. The van der Waals surface area contributed by atoms with Crippen LogP contribution in [0.25, 0.3) is 0 Å². The number of hydrogen-bond donors (Lipinski definition) is 2. The van der Waals surface area contributed by atoms with Crippen LogP contribution in [-0.2, 0) is 14.3 Å². The molecule has 2 aromatic rings. The summed E-state index contributed by atoms with van der Waals surface area (Å²) in [5.74, 6) is -6.57. The van der Waals surface area contributed by atoms with Gasteiger partial charge in [0.15, 0.2) is 5.75 Å². The van der Waals surface area contributed by atoms with Gasteiger partial charge in [-0.05, 0) is 32.9 Å². The number of ether oxygens (including phenoxy) is 2. The van der Waals surface area contributed by atoms with Gasteiger partial charge in [0.2, 0.25) is 5.78 Å². The van der Waals surface area contributed by atoms with Crippen LogP contribution >= 0.6 is 0 Å². The molecule has 0 amide bonds. The topological polar surface area (TPSA) is 106 Å². The average molecular weight is 395 g/mol. The molecule has 1 aromatic heterocycles. The van der Waals surface area contributed by atoms with Crippen LogP contribution in [0.5, 0.6) is 5.75 Å². The van der Waals surface area contributed by atoms with Crippen molar-refractivity contribution >= 4 is 17.7 Å². The highest BCUT2D eigenvalue weighted by atomic mass is 19.1. The van der Waals surface area contributed by atoms with Gasteiger partial charge in [-0.1, -0.05) is 0 Å². The monoisotopic (exact) mass is 395 g/mol. The Bertz CT molecular complexity index is 921. The molecule has 0 radical (unpaired) electrons.